The average Bonchev–Trinajstić information content (AvgIpc) is 2.71. The molecule has 0 aliphatic heterocycles. The van der Waals surface area contributed by atoms with E-state index in [9.17, 15) is 9.59 Å². The van der Waals surface area contributed by atoms with Crippen molar-refractivity contribution < 1.29 is 19.1 Å². The van der Waals surface area contributed by atoms with Gasteiger partial charge in [-0.3, -0.25) is 5.32 Å². The first kappa shape index (κ1) is 15.2. The number of alkyl carbamates (subject to hydrolysis) is 1. The van der Waals surface area contributed by atoms with E-state index in [0.29, 0.717) is 10.8 Å². The minimum atomic E-state index is -0.586. The van der Waals surface area contributed by atoms with Gasteiger partial charge in [-0.1, -0.05) is 0 Å². The quantitative estimate of drug-likeness (QED) is 0.890. The summed E-state index contributed by atoms with van der Waals surface area (Å²) in [6.07, 6.45) is -1.10. The number of hydrogen-bond acceptors (Lipinski definition) is 6. The van der Waals surface area contributed by atoms with Crippen LogP contribution in [0.5, 0.6) is 0 Å². The molecule has 0 aromatic carbocycles. The molecule has 1 rings (SSSR count). The molecule has 0 bridgehead atoms. The minimum absolute atomic E-state index is 0.239. The Kier molecular flexibility index (Phi) is 5.11. The number of nitrogens with one attached hydrogen (secondary N) is 2. The summed E-state index contributed by atoms with van der Waals surface area (Å²) in [5, 5.41) is 7.32. The van der Waals surface area contributed by atoms with Crippen LogP contribution in [0.1, 0.15) is 25.8 Å². The molecule has 2 N–H and O–H groups in total. The Morgan fingerprint density at radius 2 is 2.05 bits per heavy atom. The summed E-state index contributed by atoms with van der Waals surface area (Å²) < 4.78 is 9.53. The highest BCUT2D eigenvalue weighted by atomic mass is 32.1. The number of amides is 2. The summed E-state index contributed by atoms with van der Waals surface area (Å²) in [7, 11) is 1.27. The fraction of sp³-hybridized carbons (Fsp3) is 0.545. The Labute approximate surface area is 115 Å². The second-order valence-corrected chi connectivity index (χ2v) is 5.54. The van der Waals surface area contributed by atoms with Gasteiger partial charge in [0.1, 0.15) is 16.4 Å². The number of anilines is 1. The van der Waals surface area contributed by atoms with Gasteiger partial charge in [0.2, 0.25) is 0 Å². The summed E-state index contributed by atoms with van der Waals surface area (Å²) in [4.78, 5) is 26.5. The number of carbonyl (C=O) groups excluding carboxylic acids is 2. The van der Waals surface area contributed by atoms with E-state index in [1.807, 2.05) is 0 Å². The van der Waals surface area contributed by atoms with Crippen molar-refractivity contribution in [2.45, 2.75) is 32.9 Å². The number of hydrogen-bond donors (Lipinski definition) is 2. The van der Waals surface area contributed by atoms with Gasteiger partial charge in [0.25, 0.3) is 0 Å². The van der Waals surface area contributed by atoms with Crippen LogP contribution in [0.15, 0.2) is 5.38 Å². The van der Waals surface area contributed by atoms with Crippen LogP contribution in [0.3, 0.4) is 0 Å². The summed E-state index contributed by atoms with van der Waals surface area (Å²) in [6.45, 7) is 5.60. The predicted octanol–water partition coefficient (Wildman–Crippen LogP) is 2.35. The van der Waals surface area contributed by atoms with Crippen molar-refractivity contribution in [2.75, 3.05) is 12.4 Å². The van der Waals surface area contributed by atoms with Crippen molar-refractivity contribution in [3.8, 4) is 0 Å². The molecule has 0 saturated carbocycles. The molecule has 7 nitrogen and oxygen atoms in total. The summed E-state index contributed by atoms with van der Waals surface area (Å²) in [5.41, 5.74) is -0.537. The van der Waals surface area contributed by atoms with Gasteiger partial charge in [-0.25, -0.2) is 14.6 Å². The normalized spacial score (nSPS) is 10.7. The molecule has 19 heavy (non-hydrogen) atoms. The van der Waals surface area contributed by atoms with Gasteiger partial charge in [0.05, 0.1) is 13.7 Å². The molecule has 1 aromatic heterocycles. The predicted molar refractivity (Wildman–Crippen MR) is 71.2 cm³/mol. The van der Waals surface area contributed by atoms with E-state index < -0.39 is 17.8 Å². The van der Waals surface area contributed by atoms with E-state index >= 15 is 0 Å². The van der Waals surface area contributed by atoms with Crippen molar-refractivity contribution >= 4 is 29.3 Å². The maximum atomic E-state index is 11.4. The van der Waals surface area contributed by atoms with Crippen LogP contribution < -0.4 is 10.6 Å². The smallest absolute Gasteiger partial charge is 0.412 e. The van der Waals surface area contributed by atoms with Crippen molar-refractivity contribution in [3.05, 3.63) is 10.4 Å². The number of methoxy groups -OCH3 is 1. The number of nitrogens with zero attached hydrogens (tertiary/aromatic N) is 1. The molecule has 106 valence electrons. The molecule has 0 saturated heterocycles. The Morgan fingerprint density at radius 3 is 2.63 bits per heavy atom. The molecule has 8 heteroatoms. The highest BCUT2D eigenvalue weighted by Crippen LogP contribution is 2.14. The van der Waals surface area contributed by atoms with Gasteiger partial charge in [0.15, 0.2) is 0 Å². The van der Waals surface area contributed by atoms with Gasteiger partial charge in [0, 0.05) is 5.38 Å². The third-order valence-electron chi connectivity index (χ3n) is 1.75. The van der Waals surface area contributed by atoms with Crippen LogP contribution >= 0.6 is 11.3 Å². The van der Waals surface area contributed by atoms with E-state index in [1.165, 1.54) is 18.4 Å². The maximum Gasteiger partial charge on any atom is 0.412 e. The zero-order valence-corrected chi connectivity index (χ0v) is 12.1. The van der Waals surface area contributed by atoms with Crippen molar-refractivity contribution in [3.63, 3.8) is 0 Å². The second kappa shape index (κ2) is 6.37. The van der Waals surface area contributed by atoms with Crippen molar-refractivity contribution in [1.29, 1.82) is 0 Å². The molecule has 1 heterocycles. The van der Waals surface area contributed by atoms with E-state index in [1.54, 1.807) is 26.2 Å². The molecule has 0 radical (unpaired) electrons. The third kappa shape index (κ3) is 6.05. The fourth-order valence-corrected chi connectivity index (χ4v) is 1.73. The van der Waals surface area contributed by atoms with Crippen molar-refractivity contribution in [2.24, 2.45) is 0 Å². The van der Waals surface area contributed by atoms with Gasteiger partial charge in [-0.15, -0.1) is 11.3 Å². The number of aromatic nitrogens is 1. The zero-order valence-electron chi connectivity index (χ0n) is 11.3. The summed E-state index contributed by atoms with van der Waals surface area (Å²) >= 11 is 1.31. The van der Waals surface area contributed by atoms with Crippen LogP contribution in [0.25, 0.3) is 0 Å². The van der Waals surface area contributed by atoms with Crippen LogP contribution in [0.2, 0.25) is 0 Å². The zero-order chi connectivity index (χ0) is 14.5. The average molecular weight is 287 g/mol. The largest absolute Gasteiger partial charge is 0.453 e. The van der Waals surface area contributed by atoms with Gasteiger partial charge in [-0.05, 0) is 20.8 Å². The van der Waals surface area contributed by atoms with E-state index in [0.717, 1.165) is 0 Å². The minimum Gasteiger partial charge on any atom is -0.453 e. The van der Waals surface area contributed by atoms with Crippen LogP contribution in [-0.2, 0) is 16.0 Å². The highest BCUT2D eigenvalue weighted by molar-refractivity contribution is 7.10. The molecule has 0 unspecified atom stereocenters. The van der Waals surface area contributed by atoms with Crippen LogP contribution in [-0.4, -0.2) is 29.9 Å². The number of rotatable bonds is 3. The molecule has 0 aliphatic rings. The molecule has 0 atom stereocenters. The third-order valence-corrected chi connectivity index (χ3v) is 2.60. The van der Waals surface area contributed by atoms with E-state index in [4.69, 9.17) is 4.74 Å². The van der Waals surface area contributed by atoms with Crippen LogP contribution in [0, 0.1) is 0 Å². The van der Waals surface area contributed by atoms with Gasteiger partial charge >= 0.3 is 12.2 Å². The first-order valence-corrected chi connectivity index (χ1v) is 6.44. The highest BCUT2D eigenvalue weighted by Gasteiger charge is 2.16. The number of ether oxygens (including phenoxy) is 2. The molecule has 1 aromatic rings. The molecule has 0 fully saturated rings. The molecule has 2 amide bonds. The first-order chi connectivity index (χ1) is 8.80. The Bertz CT molecular complexity index is 453. The van der Waals surface area contributed by atoms with Gasteiger partial charge in [-0.2, -0.15) is 0 Å². The molecular weight excluding hydrogens is 270 g/mol. The topological polar surface area (TPSA) is 89.6 Å². The van der Waals surface area contributed by atoms with E-state index in [2.05, 4.69) is 20.4 Å². The fourth-order valence-electron chi connectivity index (χ4n) is 1.07. The lowest BCUT2D eigenvalue weighted by Crippen LogP contribution is -2.32. The number of thiazole rings is 1. The summed E-state index contributed by atoms with van der Waals surface area (Å²) in [6, 6.07) is 0. The first-order valence-electron chi connectivity index (χ1n) is 5.56. The number of carbonyl (C=O) groups is 2. The van der Waals surface area contributed by atoms with E-state index in [-0.39, 0.29) is 6.54 Å². The monoisotopic (exact) mass is 287 g/mol. The van der Waals surface area contributed by atoms with Gasteiger partial charge < -0.3 is 14.8 Å². The molecule has 0 aliphatic carbocycles. The Morgan fingerprint density at radius 1 is 1.37 bits per heavy atom. The Balaban J connectivity index is 2.42. The van der Waals surface area contributed by atoms with Crippen molar-refractivity contribution in [1.82, 2.24) is 10.3 Å². The van der Waals surface area contributed by atoms with Crippen LogP contribution in [0.4, 0.5) is 15.4 Å². The lowest BCUT2D eigenvalue weighted by molar-refractivity contribution is 0.0523. The lowest BCUT2D eigenvalue weighted by Gasteiger charge is -2.19. The molecule has 0 spiro atoms. The molecular formula is C11H17N3O4S. The Hall–Kier alpha value is -1.83. The second-order valence-electron chi connectivity index (χ2n) is 4.60. The standard InChI is InChI=1S/C11H17N3O4S/c1-11(2,3)18-9(15)12-5-8-13-7(6-19-8)14-10(16)17-4/h6H,5H2,1-4H3,(H,12,15)(H,14,16). The lowest BCUT2D eigenvalue weighted by atomic mass is 10.2. The summed E-state index contributed by atoms with van der Waals surface area (Å²) in [5.74, 6) is 0.387. The SMILES string of the molecule is COC(=O)Nc1csc(CNC(=O)OC(C)(C)C)n1. The maximum absolute atomic E-state index is 11.4.